The predicted molar refractivity (Wildman–Crippen MR) is 113 cm³/mol. The molecule has 1 saturated carbocycles. The van der Waals surface area contributed by atoms with Gasteiger partial charge in [-0.25, -0.2) is 4.39 Å². The van der Waals surface area contributed by atoms with E-state index in [-0.39, 0.29) is 41.3 Å². The van der Waals surface area contributed by atoms with Gasteiger partial charge >= 0.3 is 0 Å². The van der Waals surface area contributed by atoms with Crippen molar-refractivity contribution in [1.82, 2.24) is 15.5 Å². The van der Waals surface area contributed by atoms with Crippen LogP contribution in [-0.2, 0) is 16.0 Å². The molecule has 2 aliphatic carbocycles. The van der Waals surface area contributed by atoms with Crippen LogP contribution in [0.5, 0.6) is 0 Å². The number of imide groups is 1. The van der Waals surface area contributed by atoms with E-state index < -0.39 is 0 Å². The van der Waals surface area contributed by atoms with Crippen molar-refractivity contribution in [1.29, 1.82) is 0 Å². The van der Waals surface area contributed by atoms with Crippen molar-refractivity contribution in [3.63, 3.8) is 0 Å². The number of allylic oxidation sites excluding steroid dienone is 2. The number of nitrogens with zero attached hydrogens (tertiary/aromatic N) is 2. The minimum Gasteiger partial charge on any atom is -0.357 e. The third-order valence-electron chi connectivity index (χ3n) is 6.32. The molecule has 0 spiro atoms. The fourth-order valence-corrected chi connectivity index (χ4v) is 4.98. The van der Waals surface area contributed by atoms with Crippen molar-refractivity contribution in [2.75, 3.05) is 26.2 Å². The minimum atomic E-state index is -0.218. The summed E-state index contributed by atoms with van der Waals surface area (Å²) in [5, 5.41) is 6.40. The molecule has 4 atom stereocenters. The minimum absolute atomic E-state index is 0.0133. The van der Waals surface area contributed by atoms with E-state index in [1.807, 2.05) is 13.0 Å². The first-order valence-electron chi connectivity index (χ1n) is 10.9. The number of hydrogen-bond acceptors (Lipinski definition) is 3. The SMILES string of the molecule is CCNC(=NCCCc1cccc(F)c1)NCCN1C(=O)C2C3C=CC(C3)C2C1=O. The van der Waals surface area contributed by atoms with Gasteiger partial charge in [-0.1, -0.05) is 24.3 Å². The average Bonchev–Trinajstić information content (AvgIpc) is 3.41. The Hall–Kier alpha value is -2.70. The number of nitrogens with one attached hydrogen (secondary N) is 2. The summed E-state index contributed by atoms with van der Waals surface area (Å²) in [6.07, 6.45) is 6.74. The Kier molecular flexibility index (Phi) is 6.16. The van der Waals surface area contributed by atoms with E-state index in [2.05, 4.69) is 27.8 Å². The van der Waals surface area contributed by atoms with E-state index in [9.17, 15) is 14.0 Å². The first-order chi connectivity index (χ1) is 14.6. The molecular weight excluding hydrogens is 383 g/mol. The number of fused-ring (bicyclic) bond motifs is 5. The van der Waals surface area contributed by atoms with E-state index in [1.165, 1.54) is 11.0 Å². The second-order valence-corrected chi connectivity index (χ2v) is 8.25. The zero-order valence-corrected chi connectivity index (χ0v) is 17.3. The Morgan fingerprint density at radius 3 is 2.57 bits per heavy atom. The second-order valence-electron chi connectivity index (χ2n) is 8.25. The highest BCUT2D eigenvalue weighted by Crippen LogP contribution is 2.52. The summed E-state index contributed by atoms with van der Waals surface area (Å²) in [5.74, 6) is 0.622. The lowest BCUT2D eigenvalue weighted by Gasteiger charge is -2.18. The Morgan fingerprint density at radius 1 is 1.17 bits per heavy atom. The number of halogens is 1. The topological polar surface area (TPSA) is 73.8 Å². The van der Waals surface area contributed by atoms with Crippen LogP contribution in [0.25, 0.3) is 0 Å². The van der Waals surface area contributed by atoms with Crippen molar-refractivity contribution in [3.8, 4) is 0 Å². The molecule has 2 bridgehead atoms. The van der Waals surface area contributed by atoms with Gasteiger partial charge in [0.1, 0.15) is 5.82 Å². The Bertz CT molecular complexity index is 839. The van der Waals surface area contributed by atoms with Crippen LogP contribution in [0.4, 0.5) is 4.39 Å². The molecule has 0 aromatic heterocycles. The number of hydrogen-bond donors (Lipinski definition) is 2. The summed E-state index contributed by atoms with van der Waals surface area (Å²) in [5.41, 5.74) is 0.961. The van der Waals surface area contributed by atoms with Gasteiger partial charge in [0.25, 0.3) is 0 Å². The lowest BCUT2D eigenvalue weighted by atomic mass is 9.85. The number of likely N-dealkylation sites (tertiary alicyclic amines) is 1. The van der Waals surface area contributed by atoms with Crippen molar-refractivity contribution in [2.45, 2.75) is 26.2 Å². The van der Waals surface area contributed by atoms with E-state index in [0.29, 0.717) is 25.6 Å². The molecule has 0 radical (unpaired) electrons. The first kappa shape index (κ1) is 20.6. The number of guanidine groups is 1. The summed E-state index contributed by atoms with van der Waals surface area (Å²) < 4.78 is 13.2. The van der Waals surface area contributed by atoms with Gasteiger partial charge in [-0.15, -0.1) is 0 Å². The summed E-state index contributed by atoms with van der Waals surface area (Å²) in [7, 11) is 0. The van der Waals surface area contributed by atoms with E-state index in [1.54, 1.807) is 12.1 Å². The third kappa shape index (κ3) is 4.11. The number of aryl methyl sites for hydroxylation is 1. The number of carbonyl (C=O) groups is 2. The monoisotopic (exact) mass is 412 g/mol. The Balaban J connectivity index is 1.24. The van der Waals surface area contributed by atoms with Crippen LogP contribution in [0, 0.1) is 29.5 Å². The zero-order chi connectivity index (χ0) is 21.1. The number of amides is 2. The largest absolute Gasteiger partial charge is 0.357 e. The standard InChI is InChI=1S/C23H29FN4O2/c1-2-25-23(26-10-4-6-15-5-3-7-18(24)13-15)27-11-12-28-21(29)19-16-8-9-17(14-16)20(19)22(28)30/h3,5,7-9,13,16-17,19-20H,2,4,6,10-12,14H2,1H3,(H2,25,26,27). The van der Waals surface area contributed by atoms with Gasteiger partial charge in [-0.05, 0) is 55.7 Å². The molecule has 160 valence electrons. The van der Waals surface area contributed by atoms with Crippen LogP contribution in [0.2, 0.25) is 0 Å². The molecule has 1 aliphatic heterocycles. The van der Waals surface area contributed by atoms with Gasteiger partial charge < -0.3 is 10.6 Å². The fraction of sp³-hybridized carbons (Fsp3) is 0.522. The second kappa shape index (κ2) is 8.98. The van der Waals surface area contributed by atoms with Crippen LogP contribution >= 0.6 is 0 Å². The van der Waals surface area contributed by atoms with E-state index in [4.69, 9.17) is 0 Å². The number of benzene rings is 1. The maximum absolute atomic E-state index is 13.2. The van der Waals surface area contributed by atoms with Crippen molar-refractivity contribution in [2.24, 2.45) is 28.7 Å². The molecule has 3 aliphatic rings. The van der Waals surface area contributed by atoms with Crippen molar-refractivity contribution < 1.29 is 14.0 Å². The summed E-state index contributed by atoms with van der Waals surface area (Å²) in [4.78, 5) is 31.4. The summed E-state index contributed by atoms with van der Waals surface area (Å²) in [6, 6.07) is 6.63. The molecule has 30 heavy (non-hydrogen) atoms. The summed E-state index contributed by atoms with van der Waals surface area (Å²) in [6.45, 7) is 4.14. The molecule has 4 rings (SSSR count). The third-order valence-corrected chi connectivity index (χ3v) is 6.32. The fourth-order valence-electron chi connectivity index (χ4n) is 4.98. The molecule has 6 nitrogen and oxygen atoms in total. The highest BCUT2D eigenvalue weighted by Gasteiger charge is 2.58. The molecule has 2 fully saturated rings. The average molecular weight is 413 g/mol. The highest BCUT2D eigenvalue weighted by molar-refractivity contribution is 6.06. The van der Waals surface area contributed by atoms with Crippen molar-refractivity contribution >= 4 is 17.8 Å². The van der Waals surface area contributed by atoms with Crippen LogP contribution in [0.1, 0.15) is 25.3 Å². The maximum atomic E-state index is 13.2. The van der Waals surface area contributed by atoms with Gasteiger partial charge in [0.05, 0.1) is 11.8 Å². The van der Waals surface area contributed by atoms with Crippen molar-refractivity contribution in [3.05, 3.63) is 47.8 Å². The van der Waals surface area contributed by atoms with Gasteiger partial charge in [0.15, 0.2) is 5.96 Å². The summed E-state index contributed by atoms with van der Waals surface area (Å²) >= 11 is 0. The lowest BCUT2D eigenvalue weighted by Crippen LogP contribution is -2.43. The Morgan fingerprint density at radius 2 is 1.90 bits per heavy atom. The normalized spacial score (nSPS) is 27.1. The molecule has 1 aromatic rings. The van der Waals surface area contributed by atoms with Crippen LogP contribution < -0.4 is 10.6 Å². The molecule has 1 saturated heterocycles. The Labute approximate surface area is 176 Å². The molecule has 4 unspecified atom stereocenters. The highest BCUT2D eigenvalue weighted by atomic mass is 19.1. The van der Waals surface area contributed by atoms with Crippen LogP contribution in [0.3, 0.4) is 0 Å². The molecule has 1 aromatic carbocycles. The van der Waals surface area contributed by atoms with Gasteiger partial charge in [0.2, 0.25) is 11.8 Å². The first-order valence-corrected chi connectivity index (χ1v) is 10.9. The van der Waals surface area contributed by atoms with Gasteiger partial charge in [0, 0.05) is 26.2 Å². The molecule has 7 heteroatoms. The smallest absolute Gasteiger partial charge is 0.233 e. The molecular formula is C23H29FN4O2. The van der Waals surface area contributed by atoms with E-state index in [0.717, 1.165) is 31.4 Å². The number of rotatable bonds is 8. The van der Waals surface area contributed by atoms with Crippen LogP contribution in [-0.4, -0.2) is 48.9 Å². The predicted octanol–water partition coefficient (Wildman–Crippen LogP) is 2.12. The number of carbonyl (C=O) groups excluding carboxylic acids is 2. The zero-order valence-electron chi connectivity index (χ0n) is 17.3. The lowest BCUT2D eigenvalue weighted by molar-refractivity contribution is -0.140. The maximum Gasteiger partial charge on any atom is 0.233 e. The van der Waals surface area contributed by atoms with Crippen LogP contribution in [0.15, 0.2) is 41.4 Å². The quantitative estimate of drug-likeness (QED) is 0.226. The van der Waals surface area contributed by atoms with Gasteiger partial charge in [-0.2, -0.15) is 0 Å². The molecule has 2 amide bonds. The molecule has 1 heterocycles. The van der Waals surface area contributed by atoms with E-state index >= 15 is 0 Å². The van der Waals surface area contributed by atoms with Gasteiger partial charge in [-0.3, -0.25) is 19.5 Å². The number of aliphatic imine (C=N–C) groups is 1. The molecule has 2 N–H and O–H groups in total.